The van der Waals surface area contributed by atoms with Gasteiger partial charge in [0.25, 0.3) is 0 Å². The largest absolute Gasteiger partial charge is 0.338 e. The monoisotopic (exact) mass is 344 g/mol. The predicted molar refractivity (Wildman–Crippen MR) is 97.1 cm³/mol. The fraction of sp³-hybridized carbons (Fsp3) is 0.471. The Labute approximate surface area is 146 Å². The van der Waals surface area contributed by atoms with Gasteiger partial charge in [-0.1, -0.05) is 25.4 Å². The van der Waals surface area contributed by atoms with Gasteiger partial charge in [0.15, 0.2) is 11.5 Å². The van der Waals surface area contributed by atoms with Crippen LogP contribution < -0.4 is 4.90 Å². The highest BCUT2D eigenvalue weighted by molar-refractivity contribution is 6.31. The summed E-state index contributed by atoms with van der Waals surface area (Å²) in [6.45, 7) is 8.13. The van der Waals surface area contributed by atoms with Crippen molar-refractivity contribution >= 4 is 34.1 Å². The average molecular weight is 345 g/mol. The zero-order valence-corrected chi connectivity index (χ0v) is 15.0. The minimum absolute atomic E-state index is 0.263. The average Bonchev–Trinajstić information content (AvgIpc) is 3.01. The standard InChI is InChI=1S/C17H21ClN6/c1-11(2)15-20-16-13-10-12(18)4-5-14(13)19-17(24(16)21-15)23-8-6-22(3)7-9-23/h4-5,10-11H,6-9H2,1-3H3. The van der Waals surface area contributed by atoms with Crippen molar-refractivity contribution in [2.45, 2.75) is 19.8 Å². The van der Waals surface area contributed by atoms with Crippen molar-refractivity contribution in [3.8, 4) is 0 Å². The molecular weight excluding hydrogens is 324 g/mol. The predicted octanol–water partition coefficient (Wildman–Crippen LogP) is 2.81. The van der Waals surface area contributed by atoms with E-state index in [-0.39, 0.29) is 5.92 Å². The number of anilines is 1. The quantitative estimate of drug-likeness (QED) is 0.715. The van der Waals surface area contributed by atoms with Gasteiger partial charge in [0, 0.05) is 42.5 Å². The molecule has 2 aromatic heterocycles. The molecule has 3 aromatic rings. The topological polar surface area (TPSA) is 49.6 Å². The number of benzene rings is 1. The van der Waals surface area contributed by atoms with Gasteiger partial charge in [-0.25, -0.2) is 9.97 Å². The first-order valence-corrected chi connectivity index (χ1v) is 8.70. The summed E-state index contributed by atoms with van der Waals surface area (Å²) in [4.78, 5) is 14.3. The van der Waals surface area contributed by atoms with Crippen molar-refractivity contribution < 1.29 is 0 Å². The smallest absolute Gasteiger partial charge is 0.229 e. The molecule has 7 heteroatoms. The van der Waals surface area contributed by atoms with E-state index in [1.165, 1.54) is 0 Å². The molecule has 1 aliphatic rings. The summed E-state index contributed by atoms with van der Waals surface area (Å²) in [7, 11) is 2.15. The van der Waals surface area contributed by atoms with Crippen LogP contribution in [0.3, 0.4) is 0 Å². The minimum atomic E-state index is 0.263. The van der Waals surface area contributed by atoms with E-state index in [9.17, 15) is 0 Å². The van der Waals surface area contributed by atoms with Crippen molar-refractivity contribution in [2.24, 2.45) is 0 Å². The van der Waals surface area contributed by atoms with Crippen molar-refractivity contribution in [3.05, 3.63) is 29.0 Å². The number of rotatable bonds is 2. The molecule has 0 unspecified atom stereocenters. The van der Waals surface area contributed by atoms with E-state index in [4.69, 9.17) is 26.7 Å². The number of hydrogen-bond acceptors (Lipinski definition) is 5. The molecule has 3 heterocycles. The Hall–Kier alpha value is -1.92. The Bertz CT molecular complexity index is 895. The first-order chi connectivity index (χ1) is 11.5. The molecule has 0 atom stereocenters. The number of piperazine rings is 1. The van der Waals surface area contributed by atoms with Crippen LogP contribution in [0.25, 0.3) is 16.6 Å². The Kier molecular flexibility index (Phi) is 3.81. The molecule has 1 aromatic carbocycles. The fourth-order valence-corrected chi connectivity index (χ4v) is 3.21. The first-order valence-electron chi connectivity index (χ1n) is 8.32. The maximum absolute atomic E-state index is 6.19. The van der Waals surface area contributed by atoms with Crippen LogP contribution in [-0.2, 0) is 0 Å². The molecule has 24 heavy (non-hydrogen) atoms. The van der Waals surface area contributed by atoms with Gasteiger partial charge >= 0.3 is 0 Å². The van der Waals surface area contributed by atoms with Crippen LogP contribution in [0.15, 0.2) is 18.2 Å². The molecular formula is C17H21ClN6. The first kappa shape index (κ1) is 15.6. The zero-order chi connectivity index (χ0) is 16.8. The van der Waals surface area contributed by atoms with E-state index in [0.717, 1.165) is 54.5 Å². The molecule has 0 radical (unpaired) electrons. The summed E-state index contributed by atoms with van der Waals surface area (Å²) in [5, 5.41) is 6.36. The van der Waals surface area contributed by atoms with Gasteiger partial charge in [-0.2, -0.15) is 4.52 Å². The normalized spacial score (nSPS) is 16.6. The molecule has 1 saturated heterocycles. The summed E-state index contributed by atoms with van der Waals surface area (Å²) in [5.74, 6) is 1.96. The van der Waals surface area contributed by atoms with E-state index in [2.05, 4.69) is 30.7 Å². The van der Waals surface area contributed by atoms with Gasteiger partial charge in [-0.05, 0) is 25.2 Å². The number of aromatic nitrogens is 4. The minimum Gasteiger partial charge on any atom is -0.338 e. The lowest BCUT2D eigenvalue weighted by Gasteiger charge is -2.33. The Balaban J connectivity index is 1.95. The summed E-state index contributed by atoms with van der Waals surface area (Å²) in [6.07, 6.45) is 0. The number of hydrogen-bond donors (Lipinski definition) is 0. The SMILES string of the molecule is CC(C)c1nc2c3cc(Cl)ccc3nc(N3CCN(C)CC3)n2n1. The van der Waals surface area contributed by atoms with Gasteiger partial charge in [-0.15, -0.1) is 5.10 Å². The lowest BCUT2D eigenvalue weighted by molar-refractivity contribution is 0.310. The van der Waals surface area contributed by atoms with Crippen molar-refractivity contribution in [2.75, 3.05) is 38.1 Å². The van der Waals surface area contributed by atoms with Crippen molar-refractivity contribution in [3.63, 3.8) is 0 Å². The lowest BCUT2D eigenvalue weighted by Crippen LogP contribution is -2.45. The number of nitrogens with zero attached hydrogens (tertiary/aromatic N) is 6. The number of halogens is 1. The maximum Gasteiger partial charge on any atom is 0.229 e. The molecule has 4 rings (SSSR count). The van der Waals surface area contributed by atoms with Crippen LogP contribution in [0.2, 0.25) is 5.02 Å². The molecule has 0 bridgehead atoms. The van der Waals surface area contributed by atoms with Gasteiger partial charge in [0.1, 0.15) is 0 Å². The van der Waals surface area contributed by atoms with E-state index >= 15 is 0 Å². The second-order valence-electron chi connectivity index (χ2n) is 6.72. The summed E-state index contributed by atoms with van der Waals surface area (Å²) in [6, 6.07) is 5.76. The van der Waals surface area contributed by atoms with Crippen LogP contribution in [0.5, 0.6) is 0 Å². The van der Waals surface area contributed by atoms with Crippen LogP contribution >= 0.6 is 11.6 Å². The van der Waals surface area contributed by atoms with Crippen LogP contribution in [0, 0.1) is 0 Å². The highest BCUT2D eigenvalue weighted by atomic mass is 35.5. The maximum atomic E-state index is 6.19. The molecule has 0 aliphatic carbocycles. The van der Waals surface area contributed by atoms with Crippen molar-refractivity contribution in [1.29, 1.82) is 0 Å². The molecule has 0 N–H and O–H groups in total. The van der Waals surface area contributed by atoms with E-state index in [1.807, 2.05) is 22.7 Å². The molecule has 126 valence electrons. The summed E-state index contributed by atoms with van der Waals surface area (Å²) in [5.41, 5.74) is 1.74. The Morgan fingerprint density at radius 2 is 1.83 bits per heavy atom. The van der Waals surface area contributed by atoms with Crippen LogP contribution in [-0.4, -0.2) is 57.7 Å². The zero-order valence-electron chi connectivity index (χ0n) is 14.2. The van der Waals surface area contributed by atoms with Crippen molar-refractivity contribution in [1.82, 2.24) is 24.5 Å². The molecule has 1 fully saturated rings. The number of fused-ring (bicyclic) bond motifs is 3. The van der Waals surface area contributed by atoms with E-state index in [0.29, 0.717) is 5.02 Å². The van der Waals surface area contributed by atoms with Gasteiger partial charge in [0.2, 0.25) is 5.95 Å². The second kappa shape index (κ2) is 5.86. The molecule has 0 spiro atoms. The number of likely N-dealkylation sites (N-methyl/N-ethyl adjacent to an activating group) is 1. The highest BCUT2D eigenvalue weighted by Crippen LogP contribution is 2.27. The lowest BCUT2D eigenvalue weighted by atomic mass is 10.2. The highest BCUT2D eigenvalue weighted by Gasteiger charge is 2.22. The fourth-order valence-electron chi connectivity index (χ4n) is 3.04. The Morgan fingerprint density at radius 1 is 1.08 bits per heavy atom. The van der Waals surface area contributed by atoms with Crippen LogP contribution in [0.1, 0.15) is 25.6 Å². The van der Waals surface area contributed by atoms with Gasteiger partial charge < -0.3 is 9.80 Å². The third-order valence-corrected chi connectivity index (χ3v) is 4.77. The van der Waals surface area contributed by atoms with Gasteiger partial charge in [0.05, 0.1) is 5.52 Å². The summed E-state index contributed by atoms with van der Waals surface area (Å²) >= 11 is 6.19. The molecule has 1 aliphatic heterocycles. The molecule has 6 nitrogen and oxygen atoms in total. The van der Waals surface area contributed by atoms with E-state index < -0.39 is 0 Å². The van der Waals surface area contributed by atoms with Gasteiger partial charge in [-0.3, -0.25) is 0 Å². The summed E-state index contributed by atoms with van der Waals surface area (Å²) < 4.78 is 1.89. The molecule has 0 saturated carbocycles. The third-order valence-electron chi connectivity index (χ3n) is 4.54. The third kappa shape index (κ3) is 2.59. The second-order valence-corrected chi connectivity index (χ2v) is 7.16. The van der Waals surface area contributed by atoms with E-state index in [1.54, 1.807) is 0 Å². The Morgan fingerprint density at radius 3 is 2.54 bits per heavy atom. The molecule has 0 amide bonds. The van der Waals surface area contributed by atoms with Crippen LogP contribution in [0.4, 0.5) is 5.95 Å².